The number of benzene rings is 1. The fourth-order valence-electron chi connectivity index (χ4n) is 2.37. The molecule has 1 fully saturated rings. The maximum atomic E-state index is 5.46. The summed E-state index contributed by atoms with van der Waals surface area (Å²) in [5.41, 5.74) is 3.65. The molecule has 1 aliphatic rings. The highest BCUT2D eigenvalue weighted by Crippen LogP contribution is 2.31. The van der Waals surface area contributed by atoms with E-state index in [1.807, 2.05) is 11.8 Å². The normalized spacial score (nSPS) is 20.1. The summed E-state index contributed by atoms with van der Waals surface area (Å²) in [6.07, 6.45) is 2.60. The van der Waals surface area contributed by atoms with Gasteiger partial charge in [0.1, 0.15) is 5.75 Å². The molecule has 2 rings (SSSR count). The molecule has 0 aromatic heterocycles. The molecule has 1 atom stereocenters. The van der Waals surface area contributed by atoms with E-state index >= 15 is 0 Å². The first-order valence-corrected chi connectivity index (χ1v) is 7.36. The van der Waals surface area contributed by atoms with E-state index in [0.717, 1.165) is 5.75 Å². The van der Waals surface area contributed by atoms with Crippen LogP contribution >= 0.6 is 11.8 Å². The van der Waals surface area contributed by atoms with Crippen LogP contribution in [0, 0.1) is 13.8 Å². The third-order valence-corrected chi connectivity index (χ3v) is 4.54. The monoisotopic (exact) mass is 251 g/mol. The van der Waals surface area contributed by atoms with Gasteiger partial charge in [0.25, 0.3) is 0 Å². The fraction of sp³-hybridized carbons (Fsp3) is 0.571. The molecule has 0 radical (unpaired) electrons. The Morgan fingerprint density at radius 2 is 2.18 bits per heavy atom. The molecule has 1 aromatic rings. The molecule has 0 bridgehead atoms. The Kier molecular flexibility index (Phi) is 4.21. The Morgan fingerprint density at radius 1 is 1.35 bits per heavy atom. The van der Waals surface area contributed by atoms with Gasteiger partial charge in [-0.15, -0.1) is 0 Å². The molecule has 0 amide bonds. The molecule has 2 nitrogen and oxygen atoms in total. The minimum atomic E-state index is 0.611. The average molecular weight is 251 g/mol. The van der Waals surface area contributed by atoms with Crippen LogP contribution in [0.25, 0.3) is 0 Å². The molecule has 3 heteroatoms. The Balaban J connectivity index is 2.15. The number of anilines is 1. The minimum Gasteiger partial charge on any atom is -0.496 e. The molecular formula is C14H21NOS. The highest BCUT2D eigenvalue weighted by molar-refractivity contribution is 7.99. The van der Waals surface area contributed by atoms with Crippen LogP contribution in [0.3, 0.4) is 0 Å². The predicted octanol–water partition coefficient (Wildman–Crippen LogP) is 3.62. The minimum absolute atomic E-state index is 0.611. The lowest BCUT2D eigenvalue weighted by Crippen LogP contribution is -2.26. The summed E-state index contributed by atoms with van der Waals surface area (Å²) in [6, 6.07) is 4.91. The smallest absolute Gasteiger partial charge is 0.126 e. The number of methoxy groups -OCH3 is 1. The molecule has 17 heavy (non-hydrogen) atoms. The first kappa shape index (κ1) is 12.6. The first-order valence-electron chi connectivity index (χ1n) is 6.21. The second-order valence-electron chi connectivity index (χ2n) is 4.65. The number of aryl methyl sites for hydroxylation is 1. The van der Waals surface area contributed by atoms with Gasteiger partial charge in [0.05, 0.1) is 7.11 Å². The van der Waals surface area contributed by atoms with Crippen molar-refractivity contribution in [3.05, 3.63) is 23.3 Å². The van der Waals surface area contributed by atoms with Crippen LogP contribution in [0.5, 0.6) is 5.75 Å². The fourth-order valence-corrected chi connectivity index (χ4v) is 3.44. The zero-order chi connectivity index (χ0) is 12.3. The summed E-state index contributed by atoms with van der Waals surface area (Å²) in [5, 5.41) is 3.65. The quantitative estimate of drug-likeness (QED) is 0.886. The van der Waals surface area contributed by atoms with Crippen molar-refractivity contribution < 1.29 is 4.74 Å². The van der Waals surface area contributed by atoms with Gasteiger partial charge in [0.2, 0.25) is 0 Å². The Bertz CT molecular complexity index is 386. The summed E-state index contributed by atoms with van der Waals surface area (Å²) < 4.78 is 5.46. The highest BCUT2D eigenvalue weighted by atomic mass is 32.2. The maximum absolute atomic E-state index is 5.46. The van der Waals surface area contributed by atoms with Crippen molar-refractivity contribution in [1.29, 1.82) is 0 Å². The summed E-state index contributed by atoms with van der Waals surface area (Å²) in [6.45, 7) is 4.22. The van der Waals surface area contributed by atoms with Gasteiger partial charge in [-0.05, 0) is 44.1 Å². The van der Waals surface area contributed by atoms with Gasteiger partial charge in [0, 0.05) is 23.0 Å². The van der Waals surface area contributed by atoms with Gasteiger partial charge in [-0.2, -0.15) is 11.8 Å². The van der Waals surface area contributed by atoms with Crippen LogP contribution in [-0.4, -0.2) is 24.7 Å². The Morgan fingerprint density at radius 3 is 2.82 bits per heavy atom. The van der Waals surface area contributed by atoms with Gasteiger partial charge in [0.15, 0.2) is 0 Å². The van der Waals surface area contributed by atoms with E-state index in [1.165, 1.54) is 41.2 Å². The van der Waals surface area contributed by atoms with E-state index < -0.39 is 0 Å². The number of hydrogen-bond acceptors (Lipinski definition) is 3. The van der Waals surface area contributed by atoms with E-state index in [4.69, 9.17) is 4.74 Å². The molecular weight excluding hydrogens is 230 g/mol. The van der Waals surface area contributed by atoms with Crippen molar-refractivity contribution in [2.45, 2.75) is 32.7 Å². The molecule has 94 valence electrons. The van der Waals surface area contributed by atoms with E-state index in [9.17, 15) is 0 Å². The predicted molar refractivity (Wildman–Crippen MR) is 76.4 cm³/mol. The number of nitrogens with one attached hydrogen (secondary N) is 1. The van der Waals surface area contributed by atoms with Crippen LogP contribution in [0.4, 0.5) is 5.69 Å². The van der Waals surface area contributed by atoms with Crippen molar-refractivity contribution >= 4 is 17.4 Å². The highest BCUT2D eigenvalue weighted by Gasteiger charge is 2.15. The van der Waals surface area contributed by atoms with Crippen LogP contribution in [0.1, 0.15) is 24.0 Å². The number of rotatable bonds is 3. The van der Waals surface area contributed by atoms with E-state index in [1.54, 1.807) is 7.11 Å². The molecule has 0 saturated carbocycles. The summed E-state index contributed by atoms with van der Waals surface area (Å²) >= 11 is 2.05. The summed E-state index contributed by atoms with van der Waals surface area (Å²) in [7, 11) is 1.75. The Hall–Kier alpha value is -0.830. The van der Waals surface area contributed by atoms with Gasteiger partial charge in [-0.3, -0.25) is 0 Å². The van der Waals surface area contributed by atoms with Crippen molar-refractivity contribution in [1.82, 2.24) is 0 Å². The first-order chi connectivity index (χ1) is 8.22. The van der Waals surface area contributed by atoms with Gasteiger partial charge >= 0.3 is 0 Å². The van der Waals surface area contributed by atoms with Crippen molar-refractivity contribution in [3.8, 4) is 5.75 Å². The SMILES string of the molecule is COc1c(C)ccc(NC2CCCSC2)c1C. The standard InChI is InChI=1S/C14H21NOS/c1-10-6-7-13(11(2)14(10)16-3)15-12-5-4-8-17-9-12/h6-7,12,15H,4-5,8-9H2,1-3H3. The topological polar surface area (TPSA) is 21.3 Å². The zero-order valence-electron chi connectivity index (χ0n) is 10.9. The molecule has 1 saturated heterocycles. The van der Waals surface area contributed by atoms with E-state index in [-0.39, 0.29) is 0 Å². The molecule has 1 aromatic carbocycles. The molecule has 1 unspecified atom stereocenters. The second kappa shape index (κ2) is 5.67. The lowest BCUT2D eigenvalue weighted by Gasteiger charge is -2.25. The lowest BCUT2D eigenvalue weighted by atomic mass is 10.1. The maximum Gasteiger partial charge on any atom is 0.126 e. The van der Waals surface area contributed by atoms with Crippen LogP contribution in [0.15, 0.2) is 12.1 Å². The van der Waals surface area contributed by atoms with Gasteiger partial charge < -0.3 is 10.1 Å². The van der Waals surface area contributed by atoms with Gasteiger partial charge in [-0.1, -0.05) is 6.07 Å². The third-order valence-electron chi connectivity index (χ3n) is 3.33. The van der Waals surface area contributed by atoms with Gasteiger partial charge in [-0.25, -0.2) is 0 Å². The Labute approximate surface area is 108 Å². The third kappa shape index (κ3) is 2.89. The lowest BCUT2D eigenvalue weighted by molar-refractivity contribution is 0.409. The van der Waals surface area contributed by atoms with Crippen LogP contribution in [0.2, 0.25) is 0 Å². The summed E-state index contributed by atoms with van der Waals surface area (Å²) in [5.74, 6) is 3.54. The average Bonchev–Trinajstić information content (AvgIpc) is 2.35. The van der Waals surface area contributed by atoms with Crippen molar-refractivity contribution in [2.75, 3.05) is 23.9 Å². The van der Waals surface area contributed by atoms with Crippen LogP contribution < -0.4 is 10.1 Å². The number of thioether (sulfide) groups is 1. The molecule has 1 aliphatic heterocycles. The molecule has 0 aliphatic carbocycles. The summed E-state index contributed by atoms with van der Waals surface area (Å²) in [4.78, 5) is 0. The zero-order valence-corrected chi connectivity index (χ0v) is 11.7. The molecule has 1 heterocycles. The van der Waals surface area contributed by atoms with Crippen molar-refractivity contribution in [2.24, 2.45) is 0 Å². The van der Waals surface area contributed by atoms with Crippen LogP contribution in [-0.2, 0) is 0 Å². The largest absolute Gasteiger partial charge is 0.496 e. The second-order valence-corrected chi connectivity index (χ2v) is 5.80. The molecule has 1 N–H and O–H groups in total. The molecule has 0 spiro atoms. The van der Waals surface area contributed by atoms with E-state index in [2.05, 4.69) is 31.3 Å². The van der Waals surface area contributed by atoms with Crippen molar-refractivity contribution in [3.63, 3.8) is 0 Å². The van der Waals surface area contributed by atoms with E-state index in [0.29, 0.717) is 6.04 Å². The number of ether oxygens (including phenoxy) is 1. The number of hydrogen-bond donors (Lipinski definition) is 1.